The van der Waals surface area contributed by atoms with Crippen molar-refractivity contribution in [2.45, 2.75) is 12.5 Å². The van der Waals surface area contributed by atoms with Crippen LogP contribution in [-0.4, -0.2) is 23.0 Å². The second-order valence-corrected chi connectivity index (χ2v) is 5.32. The minimum absolute atomic E-state index is 0.0875. The van der Waals surface area contributed by atoms with E-state index >= 15 is 0 Å². The molecule has 0 saturated heterocycles. The van der Waals surface area contributed by atoms with Crippen LogP contribution < -0.4 is 5.32 Å². The maximum Gasteiger partial charge on any atom is 0.326 e. The Morgan fingerprint density at radius 1 is 1.22 bits per heavy atom. The number of amides is 1. The van der Waals surface area contributed by atoms with Gasteiger partial charge in [0.15, 0.2) is 0 Å². The van der Waals surface area contributed by atoms with Crippen LogP contribution in [-0.2, 0) is 11.2 Å². The fourth-order valence-electron chi connectivity index (χ4n) is 2.05. The number of halogens is 1. The Labute approximate surface area is 138 Å². The second-order valence-electron chi connectivity index (χ2n) is 4.89. The first kappa shape index (κ1) is 16.5. The molecule has 0 heterocycles. The summed E-state index contributed by atoms with van der Waals surface area (Å²) in [5, 5.41) is 21.1. The van der Waals surface area contributed by atoms with E-state index in [1.54, 1.807) is 36.4 Å². The van der Waals surface area contributed by atoms with Gasteiger partial charge in [0.05, 0.1) is 11.6 Å². The number of hydrogen-bond donors (Lipinski definition) is 2. The third kappa shape index (κ3) is 4.56. The van der Waals surface area contributed by atoms with E-state index in [0.717, 1.165) is 0 Å². The first-order valence-corrected chi connectivity index (χ1v) is 7.15. The van der Waals surface area contributed by atoms with E-state index in [9.17, 15) is 14.7 Å². The molecule has 6 heteroatoms. The average molecular weight is 329 g/mol. The summed E-state index contributed by atoms with van der Waals surface area (Å²) in [5.74, 6) is -1.64. The van der Waals surface area contributed by atoms with Gasteiger partial charge in [0.1, 0.15) is 6.04 Å². The van der Waals surface area contributed by atoms with Gasteiger partial charge in [-0.2, -0.15) is 5.26 Å². The molecule has 0 aliphatic heterocycles. The summed E-state index contributed by atoms with van der Waals surface area (Å²) >= 11 is 5.76. The van der Waals surface area contributed by atoms with Crippen LogP contribution in [0.15, 0.2) is 48.5 Å². The molecule has 0 spiro atoms. The highest BCUT2D eigenvalue weighted by atomic mass is 35.5. The van der Waals surface area contributed by atoms with Crippen molar-refractivity contribution < 1.29 is 14.7 Å². The smallest absolute Gasteiger partial charge is 0.326 e. The maximum atomic E-state index is 12.1. The van der Waals surface area contributed by atoms with Crippen LogP contribution in [0, 0.1) is 11.3 Å². The van der Waals surface area contributed by atoms with Crippen molar-refractivity contribution in [1.82, 2.24) is 5.32 Å². The minimum atomic E-state index is -1.14. The van der Waals surface area contributed by atoms with Gasteiger partial charge in [-0.3, -0.25) is 4.79 Å². The van der Waals surface area contributed by atoms with Crippen molar-refractivity contribution in [3.63, 3.8) is 0 Å². The lowest BCUT2D eigenvalue weighted by Crippen LogP contribution is -2.42. The van der Waals surface area contributed by atoms with Crippen molar-refractivity contribution >= 4 is 23.5 Å². The first-order chi connectivity index (χ1) is 11.0. The van der Waals surface area contributed by atoms with Crippen LogP contribution in [0.2, 0.25) is 5.02 Å². The number of hydrogen-bond acceptors (Lipinski definition) is 3. The zero-order valence-corrected chi connectivity index (χ0v) is 12.7. The van der Waals surface area contributed by atoms with Gasteiger partial charge in [0.2, 0.25) is 0 Å². The number of benzene rings is 2. The molecule has 0 fully saturated rings. The van der Waals surface area contributed by atoms with E-state index in [-0.39, 0.29) is 6.42 Å². The van der Waals surface area contributed by atoms with Gasteiger partial charge in [-0.1, -0.05) is 23.7 Å². The second kappa shape index (κ2) is 7.43. The number of carboxylic acid groups (broad SMARTS) is 1. The van der Waals surface area contributed by atoms with Crippen LogP contribution in [0.3, 0.4) is 0 Å². The molecule has 0 unspecified atom stereocenters. The molecule has 1 amide bonds. The Balaban J connectivity index is 2.12. The van der Waals surface area contributed by atoms with Gasteiger partial charge in [0.25, 0.3) is 5.91 Å². The van der Waals surface area contributed by atoms with E-state index in [0.29, 0.717) is 21.7 Å². The zero-order valence-electron chi connectivity index (χ0n) is 12.0. The van der Waals surface area contributed by atoms with Crippen molar-refractivity contribution in [2.75, 3.05) is 0 Å². The Kier molecular flexibility index (Phi) is 5.34. The third-order valence-electron chi connectivity index (χ3n) is 3.21. The molecule has 23 heavy (non-hydrogen) atoms. The molecule has 0 aliphatic carbocycles. The maximum absolute atomic E-state index is 12.1. The highest BCUT2D eigenvalue weighted by Crippen LogP contribution is 2.11. The van der Waals surface area contributed by atoms with Crippen LogP contribution in [0.25, 0.3) is 0 Å². The number of nitrogens with zero attached hydrogens (tertiary/aromatic N) is 1. The highest BCUT2D eigenvalue weighted by molar-refractivity contribution is 6.30. The molecule has 0 radical (unpaired) electrons. The highest BCUT2D eigenvalue weighted by Gasteiger charge is 2.21. The summed E-state index contributed by atoms with van der Waals surface area (Å²) in [4.78, 5) is 23.5. The molecular weight excluding hydrogens is 316 g/mol. The van der Waals surface area contributed by atoms with Gasteiger partial charge in [0, 0.05) is 17.0 Å². The van der Waals surface area contributed by atoms with Crippen LogP contribution in [0.4, 0.5) is 0 Å². The predicted molar refractivity (Wildman–Crippen MR) is 85.2 cm³/mol. The number of nitriles is 1. The Morgan fingerprint density at radius 2 is 1.91 bits per heavy atom. The van der Waals surface area contributed by atoms with Crippen molar-refractivity contribution in [3.05, 3.63) is 70.2 Å². The molecular formula is C17H13ClN2O3. The molecule has 5 nitrogen and oxygen atoms in total. The van der Waals surface area contributed by atoms with E-state index < -0.39 is 17.9 Å². The molecule has 116 valence electrons. The molecule has 0 aromatic heterocycles. The summed E-state index contributed by atoms with van der Waals surface area (Å²) in [7, 11) is 0. The van der Waals surface area contributed by atoms with Gasteiger partial charge in [-0.25, -0.2) is 4.79 Å². The Hall–Kier alpha value is -2.84. The lowest BCUT2D eigenvalue weighted by Gasteiger charge is -2.15. The Morgan fingerprint density at radius 3 is 2.52 bits per heavy atom. The molecule has 2 aromatic rings. The number of aliphatic carboxylic acids is 1. The summed E-state index contributed by atoms with van der Waals surface area (Å²) in [6, 6.07) is 13.7. The lowest BCUT2D eigenvalue weighted by atomic mass is 10.0. The summed E-state index contributed by atoms with van der Waals surface area (Å²) in [6.45, 7) is 0. The predicted octanol–water partition coefficient (Wildman–Crippen LogP) is 2.64. The largest absolute Gasteiger partial charge is 0.480 e. The first-order valence-electron chi connectivity index (χ1n) is 6.78. The molecule has 2 rings (SSSR count). The van der Waals surface area contributed by atoms with Gasteiger partial charge in [-0.05, 0) is 42.0 Å². The number of rotatable bonds is 5. The summed E-state index contributed by atoms with van der Waals surface area (Å²) in [5.41, 5.74) is 1.43. The fraction of sp³-hybridized carbons (Fsp3) is 0.118. The topological polar surface area (TPSA) is 90.2 Å². The normalized spacial score (nSPS) is 11.3. The number of carboxylic acids is 1. The standard InChI is InChI=1S/C17H13ClN2O3/c18-14-6-4-13(5-7-14)16(21)20-15(17(22)23)9-11-2-1-3-12(8-11)10-19/h1-8,15H,9H2,(H,20,21)(H,22,23)/t15-/m0/s1. The molecule has 2 aromatic carbocycles. The summed E-state index contributed by atoms with van der Waals surface area (Å²) < 4.78 is 0. The average Bonchev–Trinajstić information content (AvgIpc) is 2.54. The van der Waals surface area contributed by atoms with E-state index in [2.05, 4.69) is 5.32 Å². The zero-order chi connectivity index (χ0) is 16.8. The van der Waals surface area contributed by atoms with Crippen LogP contribution >= 0.6 is 11.6 Å². The molecule has 0 saturated carbocycles. The third-order valence-corrected chi connectivity index (χ3v) is 3.46. The lowest BCUT2D eigenvalue weighted by molar-refractivity contribution is -0.139. The van der Waals surface area contributed by atoms with E-state index in [1.165, 1.54) is 12.1 Å². The number of nitrogens with one attached hydrogen (secondary N) is 1. The molecule has 0 aliphatic rings. The fourth-order valence-corrected chi connectivity index (χ4v) is 2.17. The van der Waals surface area contributed by atoms with Crippen molar-refractivity contribution in [2.24, 2.45) is 0 Å². The van der Waals surface area contributed by atoms with Crippen LogP contribution in [0.5, 0.6) is 0 Å². The quantitative estimate of drug-likeness (QED) is 0.882. The molecule has 0 bridgehead atoms. The SMILES string of the molecule is N#Cc1cccc(C[C@H](NC(=O)c2ccc(Cl)cc2)C(=O)O)c1. The van der Waals surface area contributed by atoms with E-state index in [1.807, 2.05) is 6.07 Å². The monoisotopic (exact) mass is 328 g/mol. The van der Waals surface area contributed by atoms with Crippen molar-refractivity contribution in [3.8, 4) is 6.07 Å². The van der Waals surface area contributed by atoms with Gasteiger partial charge in [-0.15, -0.1) is 0 Å². The van der Waals surface area contributed by atoms with Crippen LogP contribution in [0.1, 0.15) is 21.5 Å². The van der Waals surface area contributed by atoms with Gasteiger partial charge >= 0.3 is 5.97 Å². The van der Waals surface area contributed by atoms with E-state index in [4.69, 9.17) is 16.9 Å². The Bertz CT molecular complexity index is 766. The van der Waals surface area contributed by atoms with Crippen molar-refractivity contribution in [1.29, 1.82) is 5.26 Å². The molecule has 2 N–H and O–H groups in total. The number of carbonyl (C=O) groups excluding carboxylic acids is 1. The number of carbonyl (C=O) groups is 2. The summed E-state index contributed by atoms with van der Waals surface area (Å²) in [6.07, 6.45) is 0.0875. The minimum Gasteiger partial charge on any atom is -0.480 e. The van der Waals surface area contributed by atoms with Gasteiger partial charge < -0.3 is 10.4 Å². The molecule has 1 atom stereocenters.